The minimum atomic E-state index is -0.977. The van der Waals surface area contributed by atoms with Crippen molar-refractivity contribution < 1.29 is 23.7 Å². The molecule has 1 aliphatic heterocycles. The Kier molecular flexibility index (Phi) is 4.99. The molecule has 110 valence electrons. The number of esters is 1. The maximum absolute atomic E-state index is 12.2. The number of benzene rings is 1. The van der Waals surface area contributed by atoms with Crippen molar-refractivity contribution in [2.24, 2.45) is 0 Å². The third kappa shape index (κ3) is 2.96. The highest BCUT2D eigenvalue weighted by Gasteiger charge is 2.45. The summed E-state index contributed by atoms with van der Waals surface area (Å²) in [6.45, 7) is 0.708. The first kappa shape index (κ1) is 15.3. The van der Waals surface area contributed by atoms with E-state index in [1.165, 1.54) is 14.2 Å². The van der Waals surface area contributed by atoms with Crippen LogP contribution in [-0.4, -0.2) is 45.3 Å². The second-order valence-electron chi connectivity index (χ2n) is 4.42. The van der Waals surface area contributed by atoms with Gasteiger partial charge in [-0.1, -0.05) is 23.7 Å². The Morgan fingerprint density at radius 1 is 1.35 bits per heavy atom. The molecule has 0 radical (unpaired) electrons. The van der Waals surface area contributed by atoms with Crippen LogP contribution in [0.15, 0.2) is 24.3 Å². The van der Waals surface area contributed by atoms with Crippen LogP contribution in [0.5, 0.6) is 0 Å². The van der Waals surface area contributed by atoms with Gasteiger partial charge in [0.2, 0.25) is 5.79 Å². The van der Waals surface area contributed by atoms with Crippen LogP contribution < -0.4 is 0 Å². The maximum Gasteiger partial charge on any atom is 0.340 e. The molecule has 5 nitrogen and oxygen atoms in total. The maximum atomic E-state index is 12.2. The van der Waals surface area contributed by atoms with E-state index in [1.807, 2.05) is 0 Å². The van der Waals surface area contributed by atoms with E-state index in [0.717, 1.165) is 0 Å². The number of halogens is 1. The van der Waals surface area contributed by atoms with Crippen LogP contribution in [0.2, 0.25) is 5.02 Å². The van der Waals surface area contributed by atoms with Crippen molar-refractivity contribution in [3.8, 4) is 0 Å². The van der Waals surface area contributed by atoms with Crippen molar-refractivity contribution in [2.75, 3.05) is 27.4 Å². The molecule has 0 aliphatic carbocycles. The Balaban J connectivity index is 2.15. The number of methoxy groups -OCH3 is 2. The number of hydrogen-bond donors (Lipinski definition) is 0. The fourth-order valence-electron chi connectivity index (χ4n) is 2.19. The van der Waals surface area contributed by atoms with Crippen LogP contribution in [-0.2, 0) is 18.9 Å². The van der Waals surface area contributed by atoms with Crippen LogP contribution in [0.4, 0.5) is 0 Å². The molecule has 1 heterocycles. The minimum absolute atomic E-state index is 0.220. The van der Waals surface area contributed by atoms with E-state index in [4.69, 9.17) is 30.5 Å². The van der Waals surface area contributed by atoms with E-state index >= 15 is 0 Å². The van der Waals surface area contributed by atoms with Gasteiger partial charge in [-0.2, -0.15) is 0 Å². The lowest BCUT2D eigenvalue weighted by Gasteiger charge is -2.40. The summed E-state index contributed by atoms with van der Waals surface area (Å²) in [6, 6.07) is 6.71. The first-order chi connectivity index (χ1) is 9.63. The normalized spacial score (nSPS) is 21.4. The zero-order chi connectivity index (χ0) is 14.6. The summed E-state index contributed by atoms with van der Waals surface area (Å²) >= 11 is 5.98. The SMILES string of the molecule is COC1(OC)CCOCC1OC(=O)c1ccccc1Cl. The molecule has 1 atom stereocenters. The molecule has 0 bridgehead atoms. The fraction of sp³-hybridized carbons (Fsp3) is 0.500. The minimum Gasteiger partial charge on any atom is -0.450 e. The lowest BCUT2D eigenvalue weighted by atomic mass is 10.0. The molecule has 2 rings (SSSR count). The molecule has 1 fully saturated rings. The zero-order valence-electron chi connectivity index (χ0n) is 11.4. The van der Waals surface area contributed by atoms with Crippen LogP contribution in [0, 0.1) is 0 Å². The molecule has 0 aromatic heterocycles. The molecule has 1 aromatic carbocycles. The van der Waals surface area contributed by atoms with E-state index in [2.05, 4.69) is 0 Å². The Hall–Kier alpha value is -1.14. The highest BCUT2D eigenvalue weighted by atomic mass is 35.5. The Morgan fingerprint density at radius 3 is 2.70 bits per heavy atom. The van der Waals surface area contributed by atoms with Gasteiger partial charge in [0, 0.05) is 20.6 Å². The molecule has 1 aliphatic rings. The van der Waals surface area contributed by atoms with Crippen molar-refractivity contribution in [2.45, 2.75) is 18.3 Å². The van der Waals surface area contributed by atoms with Gasteiger partial charge in [0.05, 0.1) is 23.8 Å². The first-order valence-corrected chi connectivity index (χ1v) is 6.64. The topological polar surface area (TPSA) is 54.0 Å². The van der Waals surface area contributed by atoms with Crippen molar-refractivity contribution in [1.29, 1.82) is 0 Å². The monoisotopic (exact) mass is 300 g/mol. The molecule has 0 amide bonds. The summed E-state index contributed by atoms with van der Waals surface area (Å²) in [7, 11) is 3.04. The number of ether oxygens (including phenoxy) is 4. The molecule has 6 heteroatoms. The molecule has 0 N–H and O–H groups in total. The summed E-state index contributed by atoms with van der Waals surface area (Å²) in [6.07, 6.45) is -0.157. The second kappa shape index (κ2) is 6.54. The molecule has 1 saturated heterocycles. The van der Waals surface area contributed by atoms with Gasteiger partial charge in [-0.05, 0) is 12.1 Å². The smallest absolute Gasteiger partial charge is 0.340 e. The summed E-state index contributed by atoms with van der Waals surface area (Å²) < 4.78 is 21.6. The molecule has 1 aromatic rings. The Bertz CT molecular complexity index is 472. The van der Waals surface area contributed by atoms with Crippen molar-refractivity contribution >= 4 is 17.6 Å². The largest absolute Gasteiger partial charge is 0.450 e. The molecular formula is C14H17ClO5. The van der Waals surface area contributed by atoms with Gasteiger partial charge in [0.25, 0.3) is 0 Å². The van der Waals surface area contributed by atoms with Gasteiger partial charge in [0.1, 0.15) is 0 Å². The van der Waals surface area contributed by atoms with Crippen molar-refractivity contribution in [3.05, 3.63) is 34.9 Å². The Labute approximate surface area is 122 Å². The number of carbonyl (C=O) groups is 1. The summed E-state index contributed by atoms with van der Waals surface area (Å²) in [5, 5.41) is 0.342. The van der Waals surface area contributed by atoms with E-state index in [9.17, 15) is 4.79 Å². The van der Waals surface area contributed by atoms with E-state index in [-0.39, 0.29) is 6.61 Å². The van der Waals surface area contributed by atoms with Crippen LogP contribution in [0.1, 0.15) is 16.8 Å². The molecular weight excluding hydrogens is 284 g/mol. The zero-order valence-corrected chi connectivity index (χ0v) is 12.2. The summed E-state index contributed by atoms with van der Waals surface area (Å²) in [4.78, 5) is 12.2. The predicted octanol–water partition coefficient (Wildman–Crippen LogP) is 2.27. The van der Waals surface area contributed by atoms with Crippen LogP contribution >= 0.6 is 11.6 Å². The number of hydrogen-bond acceptors (Lipinski definition) is 5. The van der Waals surface area contributed by atoms with Gasteiger partial charge in [0.15, 0.2) is 6.10 Å². The first-order valence-electron chi connectivity index (χ1n) is 6.26. The standard InChI is InChI=1S/C14H17ClO5/c1-17-14(18-2)7-8-19-9-12(14)20-13(16)10-5-3-4-6-11(10)15/h3-6,12H,7-9H2,1-2H3. The number of carbonyl (C=O) groups excluding carboxylic acids is 1. The predicted molar refractivity (Wildman–Crippen MR) is 72.8 cm³/mol. The van der Waals surface area contributed by atoms with E-state index in [1.54, 1.807) is 24.3 Å². The van der Waals surface area contributed by atoms with Crippen LogP contribution in [0.3, 0.4) is 0 Å². The molecule has 20 heavy (non-hydrogen) atoms. The van der Waals surface area contributed by atoms with Gasteiger partial charge in [-0.25, -0.2) is 4.79 Å². The van der Waals surface area contributed by atoms with Crippen molar-refractivity contribution in [1.82, 2.24) is 0 Å². The molecule has 0 spiro atoms. The fourth-order valence-corrected chi connectivity index (χ4v) is 2.40. The number of rotatable bonds is 4. The van der Waals surface area contributed by atoms with Crippen LogP contribution in [0.25, 0.3) is 0 Å². The molecule has 0 saturated carbocycles. The summed E-state index contributed by atoms with van der Waals surface area (Å²) in [5.74, 6) is -1.50. The lowest BCUT2D eigenvalue weighted by molar-refractivity contribution is -0.291. The average Bonchev–Trinajstić information content (AvgIpc) is 2.48. The second-order valence-corrected chi connectivity index (χ2v) is 4.83. The van der Waals surface area contributed by atoms with E-state index < -0.39 is 17.9 Å². The van der Waals surface area contributed by atoms with Gasteiger partial charge in [-0.3, -0.25) is 0 Å². The average molecular weight is 301 g/mol. The van der Waals surface area contributed by atoms with E-state index in [0.29, 0.717) is 23.6 Å². The lowest BCUT2D eigenvalue weighted by Crippen LogP contribution is -2.54. The van der Waals surface area contributed by atoms with Gasteiger partial charge < -0.3 is 18.9 Å². The third-order valence-corrected chi connectivity index (χ3v) is 3.72. The quantitative estimate of drug-likeness (QED) is 0.631. The summed E-state index contributed by atoms with van der Waals surface area (Å²) in [5.41, 5.74) is 0.306. The van der Waals surface area contributed by atoms with Crippen molar-refractivity contribution in [3.63, 3.8) is 0 Å². The Morgan fingerprint density at radius 2 is 2.05 bits per heavy atom. The third-order valence-electron chi connectivity index (χ3n) is 3.39. The molecule has 1 unspecified atom stereocenters. The van der Waals surface area contributed by atoms with Gasteiger partial charge in [-0.15, -0.1) is 0 Å². The van der Waals surface area contributed by atoms with Gasteiger partial charge >= 0.3 is 5.97 Å². The highest BCUT2D eigenvalue weighted by Crippen LogP contribution is 2.29. The highest BCUT2D eigenvalue weighted by molar-refractivity contribution is 6.33.